The molecule has 0 unspecified atom stereocenters. The second-order valence-electron chi connectivity index (χ2n) is 3.34. The maximum Gasteiger partial charge on any atom is 0.240 e. The van der Waals surface area contributed by atoms with Crippen LogP contribution in [0.3, 0.4) is 0 Å². The third kappa shape index (κ3) is 4.13. The maximum atomic E-state index is 11.4. The van der Waals surface area contributed by atoms with E-state index in [1.54, 1.807) is 0 Å². The molecule has 1 rings (SSSR count). The van der Waals surface area contributed by atoms with Crippen molar-refractivity contribution >= 4 is 37.3 Å². The highest BCUT2D eigenvalue weighted by Gasteiger charge is 2.12. The van der Waals surface area contributed by atoms with Crippen molar-refractivity contribution in [1.82, 2.24) is 4.72 Å². The lowest BCUT2D eigenvalue weighted by Crippen LogP contribution is -2.19. The van der Waals surface area contributed by atoms with Crippen LogP contribution < -0.4 is 9.44 Å². The quantitative estimate of drug-likeness (QED) is 0.751. The summed E-state index contributed by atoms with van der Waals surface area (Å²) in [5.41, 5.74) is 0.287. The van der Waals surface area contributed by atoms with Gasteiger partial charge in [0.1, 0.15) is 0 Å². The van der Waals surface area contributed by atoms with Gasteiger partial charge in [0.2, 0.25) is 20.0 Å². The summed E-state index contributed by atoms with van der Waals surface area (Å²) >= 11 is 5.35. The Balaban J connectivity index is 2.91. The van der Waals surface area contributed by atoms with Crippen molar-refractivity contribution in [3.05, 3.63) is 24.3 Å². The van der Waals surface area contributed by atoms with Crippen LogP contribution in [0.4, 0.5) is 5.69 Å². The first-order valence-corrected chi connectivity index (χ1v) is 8.58. The molecule has 9 heteroatoms. The highest BCUT2D eigenvalue weighted by molar-refractivity contribution is 7.92. The first-order valence-electron chi connectivity index (χ1n) is 4.91. The third-order valence-corrected chi connectivity index (χ3v) is 5.18. The molecule has 1 aromatic carbocycles. The SMILES string of the molecule is CNS(=O)(=O)c1ccc(NS(=O)(=O)CCCl)cc1. The van der Waals surface area contributed by atoms with Gasteiger partial charge in [-0.25, -0.2) is 21.6 Å². The fourth-order valence-corrected chi connectivity index (χ4v) is 3.29. The number of benzene rings is 1. The van der Waals surface area contributed by atoms with Gasteiger partial charge < -0.3 is 0 Å². The number of hydrogen-bond acceptors (Lipinski definition) is 4. The van der Waals surface area contributed by atoms with E-state index in [0.717, 1.165) is 0 Å². The van der Waals surface area contributed by atoms with Crippen LogP contribution in [0.1, 0.15) is 0 Å². The van der Waals surface area contributed by atoms with Gasteiger partial charge >= 0.3 is 0 Å². The van der Waals surface area contributed by atoms with Crippen LogP contribution in [0.25, 0.3) is 0 Å². The molecule has 0 spiro atoms. The lowest BCUT2D eigenvalue weighted by atomic mass is 10.3. The van der Waals surface area contributed by atoms with E-state index in [2.05, 4.69) is 9.44 Å². The van der Waals surface area contributed by atoms with Gasteiger partial charge in [-0.05, 0) is 31.3 Å². The molecule has 1 aromatic rings. The van der Waals surface area contributed by atoms with Crippen LogP contribution >= 0.6 is 11.6 Å². The second-order valence-corrected chi connectivity index (χ2v) is 7.45. The first-order chi connectivity index (χ1) is 8.30. The maximum absolute atomic E-state index is 11.4. The topological polar surface area (TPSA) is 92.3 Å². The molecule has 0 amide bonds. The Morgan fingerprint density at radius 3 is 2.11 bits per heavy atom. The summed E-state index contributed by atoms with van der Waals surface area (Å²) in [6, 6.07) is 5.36. The largest absolute Gasteiger partial charge is 0.284 e. The van der Waals surface area contributed by atoms with Crippen molar-refractivity contribution < 1.29 is 16.8 Å². The summed E-state index contributed by atoms with van der Waals surface area (Å²) < 4.78 is 50.1. The van der Waals surface area contributed by atoms with E-state index >= 15 is 0 Å². The van der Waals surface area contributed by atoms with Gasteiger partial charge in [0, 0.05) is 11.6 Å². The first kappa shape index (κ1) is 15.2. The molecule has 6 nitrogen and oxygen atoms in total. The van der Waals surface area contributed by atoms with Crippen LogP contribution in [0.15, 0.2) is 29.2 Å². The van der Waals surface area contributed by atoms with Gasteiger partial charge in [0.25, 0.3) is 0 Å². The molecule has 0 aromatic heterocycles. The highest BCUT2D eigenvalue weighted by Crippen LogP contribution is 2.14. The van der Waals surface area contributed by atoms with Gasteiger partial charge in [-0.3, -0.25) is 4.72 Å². The van der Waals surface area contributed by atoms with E-state index in [-0.39, 0.29) is 22.2 Å². The number of sulfonamides is 2. The molecule has 0 aliphatic carbocycles. The molecule has 0 radical (unpaired) electrons. The second kappa shape index (κ2) is 5.87. The summed E-state index contributed by atoms with van der Waals surface area (Å²) in [5, 5.41) is 0. The average Bonchev–Trinajstić information content (AvgIpc) is 2.29. The van der Waals surface area contributed by atoms with Gasteiger partial charge in [0.05, 0.1) is 10.6 Å². The van der Waals surface area contributed by atoms with Crippen molar-refractivity contribution in [2.24, 2.45) is 0 Å². The molecule has 0 bridgehead atoms. The molecule has 0 saturated heterocycles. The van der Waals surface area contributed by atoms with Crippen LogP contribution in [-0.4, -0.2) is 35.5 Å². The molecule has 0 atom stereocenters. The zero-order valence-corrected chi connectivity index (χ0v) is 11.9. The summed E-state index contributed by atoms with van der Waals surface area (Å²) in [6.07, 6.45) is 0. The van der Waals surface area contributed by atoms with E-state index in [4.69, 9.17) is 11.6 Å². The average molecular weight is 313 g/mol. The molecule has 0 heterocycles. The normalized spacial score (nSPS) is 12.3. The Kier molecular flexibility index (Phi) is 4.97. The molecule has 18 heavy (non-hydrogen) atoms. The molecule has 2 N–H and O–H groups in total. The van der Waals surface area contributed by atoms with Crippen molar-refractivity contribution in [1.29, 1.82) is 0 Å². The summed E-state index contributed by atoms with van der Waals surface area (Å²) in [4.78, 5) is 0.0605. The van der Waals surface area contributed by atoms with Crippen molar-refractivity contribution in [3.63, 3.8) is 0 Å². The van der Waals surface area contributed by atoms with Gasteiger partial charge in [-0.1, -0.05) is 0 Å². The number of halogens is 1. The van der Waals surface area contributed by atoms with E-state index in [1.807, 2.05) is 0 Å². The van der Waals surface area contributed by atoms with E-state index in [1.165, 1.54) is 31.3 Å². The van der Waals surface area contributed by atoms with E-state index in [0.29, 0.717) is 0 Å². The van der Waals surface area contributed by atoms with Crippen molar-refractivity contribution in [2.45, 2.75) is 4.90 Å². The van der Waals surface area contributed by atoms with Gasteiger partial charge in [0.15, 0.2) is 0 Å². The lowest BCUT2D eigenvalue weighted by Gasteiger charge is -2.07. The number of rotatable bonds is 6. The zero-order chi connectivity index (χ0) is 13.8. The number of anilines is 1. The summed E-state index contributed by atoms with van der Waals surface area (Å²) in [7, 11) is -5.70. The molecule has 0 fully saturated rings. The highest BCUT2D eigenvalue weighted by atomic mass is 35.5. The van der Waals surface area contributed by atoms with Crippen LogP contribution in [0.5, 0.6) is 0 Å². The Hall–Kier alpha value is -0.830. The fourth-order valence-electron chi connectivity index (χ4n) is 1.15. The monoisotopic (exact) mass is 312 g/mol. The molecule has 0 aliphatic heterocycles. The number of hydrogen-bond donors (Lipinski definition) is 2. The van der Waals surface area contributed by atoms with Gasteiger partial charge in [-0.2, -0.15) is 0 Å². The predicted molar refractivity (Wildman–Crippen MR) is 70.8 cm³/mol. The fraction of sp³-hybridized carbons (Fsp3) is 0.333. The molecule has 0 saturated carbocycles. The minimum atomic E-state index is -3.52. The molecule has 102 valence electrons. The van der Waals surface area contributed by atoms with Crippen LogP contribution in [0, 0.1) is 0 Å². The van der Waals surface area contributed by atoms with Gasteiger partial charge in [-0.15, -0.1) is 11.6 Å². The van der Waals surface area contributed by atoms with Crippen molar-refractivity contribution in [3.8, 4) is 0 Å². The Bertz CT molecular complexity index is 596. The molecular weight excluding hydrogens is 300 g/mol. The van der Waals surface area contributed by atoms with Crippen LogP contribution in [0.2, 0.25) is 0 Å². The van der Waals surface area contributed by atoms with Crippen molar-refractivity contribution in [2.75, 3.05) is 23.4 Å². The molecular formula is C9H13ClN2O4S2. The minimum absolute atomic E-state index is 0.0124. The van der Waals surface area contributed by atoms with E-state index < -0.39 is 20.0 Å². The third-order valence-electron chi connectivity index (χ3n) is 2.05. The smallest absolute Gasteiger partial charge is 0.240 e. The summed E-state index contributed by atoms with van der Waals surface area (Å²) in [6.45, 7) is 0. The van der Waals surface area contributed by atoms with E-state index in [9.17, 15) is 16.8 Å². The van der Waals surface area contributed by atoms with Crippen LogP contribution in [-0.2, 0) is 20.0 Å². The Labute approximate surface area is 111 Å². The number of nitrogens with one attached hydrogen (secondary N) is 2. The Morgan fingerprint density at radius 2 is 1.67 bits per heavy atom. The summed E-state index contributed by atoms with van der Waals surface area (Å²) in [5.74, 6) is -0.216. The zero-order valence-electron chi connectivity index (χ0n) is 9.55. The standard InChI is InChI=1S/C9H13ClN2O4S2/c1-11-18(15,16)9-4-2-8(3-5-9)12-17(13,14)7-6-10/h2-5,11-12H,6-7H2,1H3. The Morgan fingerprint density at radius 1 is 1.11 bits per heavy atom. The lowest BCUT2D eigenvalue weighted by molar-refractivity contribution is 0.588. The number of alkyl halides is 1. The minimum Gasteiger partial charge on any atom is -0.284 e. The predicted octanol–water partition coefficient (Wildman–Crippen LogP) is 0.575. The molecule has 0 aliphatic rings.